The Balaban J connectivity index is 1.45. The van der Waals surface area contributed by atoms with Gasteiger partial charge in [0.2, 0.25) is 0 Å². The summed E-state index contributed by atoms with van der Waals surface area (Å²) in [6, 6.07) is 16.3. The summed E-state index contributed by atoms with van der Waals surface area (Å²) in [5.74, 6) is 0.357. The Labute approximate surface area is 170 Å². The lowest BCUT2D eigenvalue weighted by molar-refractivity contribution is 0.0809. The first-order chi connectivity index (χ1) is 13.7. The first-order valence-electron chi connectivity index (χ1n) is 9.72. The summed E-state index contributed by atoms with van der Waals surface area (Å²) in [4.78, 5) is 20.8. The summed E-state index contributed by atoms with van der Waals surface area (Å²) in [6.07, 6.45) is 9.84. The van der Waals surface area contributed by atoms with Crippen molar-refractivity contribution in [3.63, 3.8) is 0 Å². The molecule has 1 aliphatic heterocycles. The molecule has 3 aromatic rings. The molecule has 28 heavy (non-hydrogen) atoms. The second-order valence-corrected chi connectivity index (χ2v) is 8.13. The van der Waals surface area contributed by atoms with Crippen LogP contribution in [0.3, 0.4) is 0 Å². The number of rotatable bonds is 6. The van der Waals surface area contributed by atoms with E-state index in [1.807, 2.05) is 36.5 Å². The minimum atomic E-state index is 0.0793. The molecule has 0 radical (unpaired) electrons. The predicted octanol–water partition coefficient (Wildman–Crippen LogP) is 4.69. The maximum atomic E-state index is 13.0. The normalized spacial score (nSPS) is 17.5. The van der Waals surface area contributed by atoms with Crippen LogP contribution in [0.4, 0.5) is 0 Å². The Bertz CT molecular complexity index is 921. The Kier molecular flexibility index (Phi) is 5.93. The minimum absolute atomic E-state index is 0.0793. The monoisotopic (exact) mass is 391 g/mol. The van der Waals surface area contributed by atoms with Crippen molar-refractivity contribution in [2.24, 2.45) is 5.92 Å². The lowest BCUT2D eigenvalue weighted by Crippen LogP contribution is -2.38. The number of ketones is 1. The Morgan fingerprint density at radius 2 is 2.04 bits per heavy atom. The largest absolute Gasteiger partial charge is 0.318 e. The zero-order valence-electron chi connectivity index (χ0n) is 16.1. The molecule has 0 unspecified atom stereocenters. The SMILES string of the molecule is CSc1ccc(C(=O)[C@H]2CCCN(Cc3cccn3-c3cccnc3)C2)cc1. The summed E-state index contributed by atoms with van der Waals surface area (Å²) in [7, 11) is 0. The first-order valence-corrected chi connectivity index (χ1v) is 10.9. The number of benzene rings is 1. The number of pyridine rings is 1. The molecule has 1 aliphatic rings. The Morgan fingerprint density at radius 1 is 1.18 bits per heavy atom. The molecule has 4 rings (SSSR count). The van der Waals surface area contributed by atoms with E-state index in [1.54, 1.807) is 18.0 Å². The molecule has 0 saturated carbocycles. The molecule has 5 heteroatoms. The maximum absolute atomic E-state index is 13.0. The second kappa shape index (κ2) is 8.76. The van der Waals surface area contributed by atoms with Gasteiger partial charge >= 0.3 is 0 Å². The van der Waals surface area contributed by atoms with E-state index in [-0.39, 0.29) is 11.7 Å². The molecular weight excluding hydrogens is 366 g/mol. The van der Waals surface area contributed by atoms with Crippen LogP contribution in [0.5, 0.6) is 0 Å². The molecule has 0 amide bonds. The molecule has 0 aliphatic carbocycles. The van der Waals surface area contributed by atoms with E-state index in [9.17, 15) is 4.79 Å². The fraction of sp³-hybridized carbons (Fsp3) is 0.304. The fourth-order valence-electron chi connectivity index (χ4n) is 3.93. The predicted molar refractivity (Wildman–Crippen MR) is 114 cm³/mol. The topological polar surface area (TPSA) is 38.1 Å². The fourth-order valence-corrected chi connectivity index (χ4v) is 4.33. The summed E-state index contributed by atoms with van der Waals surface area (Å²) in [5, 5.41) is 0. The third kappa shape index (κ3) is 4.21. The van der Waals surface area contributed by atoms with Gasteiger partial charge < -0.3 is 4.57 Å². The summed E-state index contributed by atoms with van der Waals surface area (Å²) >= 11 is 1.70. The maximum Gasteiger partial charge on any atom is 0.167 e. The van der Waals surface area contributed by atoms with Crippen LogP contribution < -0.4 is 0 Å². The summed E-state index contributed by atoms with van der Waals surface area (Å²) in [6.45, 7) is 2.70. The molecule has 4 nitrogen and oxygen atoms in total. The Hall–Kier alpha value is -2.37. The van der Waals surface area contributed by atoms with Crippen LogP contribution in [0.25, 0.3) is 5.69 Å². The molecule has 0 bridgehead atoms. The number of piperidine rings is 1. The molecule has 0 N–H and O–H groups in total. The van der Waals surface area contributed by atoms with Gasteiger partial charge in [-0.15, -0.1) is 11.8 Å². The van der Waals surface area contributed by atoms with E-state index in [0.717, 1.165) is 43.7 Å². The van der Waals surface area contributed by atoms with Gasteiger partial charge in [-0.3, -0.25) is 14.7 Å². The highest BCUT2D eigenvalue weighted by Crippen LogP contribution is 2.24. The standard InChI is InChI=1S/C23H25N3OS/c1-28-22-10-8-18(9-11-22)23(27)19-5-3-13-25(16-19)17-21-7-4-14-26(21)20-6-2-12-24-15-20/h2,4,6-12,14-15,19H,3,5,13,16-17H2,1H3/t19-/m0/s1. The van der Waals surface area contributed by atoms with Crippen molar-refractivity contribution < 1.29 is 4.79 Å². The highest BCUT2D eigenvalue weighted by Gasteiger charge is 2.27. The average molecular weight is 392 g/mol. The lowest BCUT2D eigenvalue weighted by Gasteiger charge is -2.32. The van der Waals surface area contributed by atoms with Crippen molar-refractivity contribution >= 4 is 17.5 Å². The minimum Gasteiger partial charge on any atom is -0.318 e. The number of Topliss-reactive ketones (excluding diaryl/α,β-unsaturated/α-hetero) is 1. The van der Waals surface area contributed by atoms with Gasteiger partial charge in [0, 0.05) is 47.6 Å². The molecule has 1 atom stereocenters. The van der Waals surface area contributed by atoms with Crippen molar-refractivity contribution in [2.45, 2.75) is 24.3 Å². The number of carbonyl (C=O) groups is 1. The van der Waals surface area contributed by atoms with Crippen LogP contribution in [0.2, 0.25) is 0 Å². The number of carbonyl (C=O) groups excluding carboxylic acids is 1. The van der Waals surface area contributed by atoms with Crippen LogP contribution in [0.1, 0.15) is 28.9 Å². The van der Waals surface area contributed by atoms with Gasteiger partial charge in [0.15, 0.2) is 5.78 Å². The third-order valence-electron chi connectivity index (χ3n) is 5.39. The van der Waals surface area contributed by atoms with Crippen molar-refractivity contribution in [1.29, 1.82) is 0 Å². The Morgan fingerprint density at radius 3 is 2.79 bits per heavy atom. The van der Waals surface area contributed by atoms with E-state index in [0.29, 0.717) is 0 Å². The molecule has 1 aromatic carbocycles. The smallest absolute Gasteiger partial charge is 0.167 e. The van der Waals surface area contributed by atoms with Crippen molar-refractivity contribution in [2.75, 3.05) is 19.3 Å². The van der Waals surface area contributed by atoms with Gasteiger partial charge in [0.1, 0.15) is 0 Å². The molecule has 144 valence electrons. The second-order valence-electron chi connectivity index (χ2n) is 7.25. The van der Waals surface area contributed by atoms with Crippen molar-refractivity contribution in [1.82, 2.24) is 14.5 Å². The first kappa shape index (κ1) is 19.0. The number of nitrogens with zero attached hydrogens (tertiary/aromatic N) is 3. The lowest BCUT2D eigenvalue weighted by atomic mass is 9.90. The van der Waals surface area contributed by atoms with E-state index in [4.69, 9.17) is 0 Å². The summed E-state index contributed by atoms with van der Waals surface area (Å²) in [5.41, 5.74) is 3.13. The van der Waals surface area contributed by atoms with E-state index < -0.39 is 0 Å². The van der Waals surface area contributed by atoms with Gasteiger partial charge in [-0.1, -0.05) is 12.1 Å². The van der Waals surface area contributed by atoms with E-state index in [2.05, 4.69) is 45.1 Å². The van der Waals surface area contributed by atoms with E-state index in [1.165, 1.54) is 10.6 Å². The summed E-state index contributed by atoms with van der Waals surface area (Å²) < 4.78 is 2.18. The molecule has 1 fully saturated rings. The number of thioether (sulfide) groups is 1. The number of hydrogen-bond acceptors (Lipinski definition) is 4. The van der Waals surface area contributed by atoms with Crippen LogP contribution in [-0.4, -0.2) is 39.6 Å². The van der Waals surface area contributed by atoms with E-state index >= 15 is 0 Å². The van der Waals surface area contributed by atoms with Gasteiger partial charge in [-0.2, -0.15) is 0 Å². The molecule has 2 aromatic heterocycles. The highest BCUT2D eigenvalue weighted by atomic mass is 32.2. The van der Waals surface area contributed by atoms with Crippen molar-refractivity contribution in [3.05, 3.63) is 78.4 Å². The van der Waals surface area contributed by atoms with Crippen LogP contribution in [0, 0.1) is 5.92 Å². The molecular formula is C23H25N3OS. The molecule has 0 spiro atoms. The highest BCUT2D eigenvalue weighted by molar-refractivity contribution is 7.98. The zero-order chi connectivity index (χ0) is 19.3. The molecule has 3 heterocycles. The number of likely N-dealkylation sites (tertiary alicyclic amines) is 1. The number of hydrogen-bond donors (Lipinski definition) is 0. The van der Waals surface area contributed by atoms with Crippen LogP contribution >= 0.6 is 11.8 Å². The quantitative estimate of drug-likeness (QED) is 0.451. The molecule has 1 saturated heterocycles. The van der Waals surface area contributed by atoms with Crippen molar-refractivity contribution in [3.8, 4) is 5.69 Å². The zero-order valence-corrected chi connectivity index (χ0v) is 16.9. The number of aromatic nitrogens is 2. The van der Waals surface area contributed by atoms with Gasteiger partial charge in [-0.05, 0) is 62.0 Å². The van der Waals surface area contributed by atoms with Gasteiger partial charge in [0.25, 0.3) is 0 Å². The van der Waals surface area contributed by atoms with Gasteiger partial charge in [0.05, 0.1) is 11.9 Å². The van der Waals surface area contributed by atoms with Crippen LogP contribution in [-0.2, 0) is 6.54 Å². The third-order valence-corrected chi connectivity index (χ3v) is 6.14. The average Bonchev–Trinajstić information content (AvgIpc) is 3.22. The van der Waals surface area contributed by atoms with Gasteiger partial charge in [-0.25, -0.2) is 0 Å². The van der Waals surface area contributed by atoms with Crippen LogP contribution in [0.15, 0.2) is 72.0 Å².